The zero-order valence-electron chi connectivity index (χ0n) is 11.1. The van der Waals surface area contributed by atoms with Crippen molar-refractivity contribution in [2.45, 2.75) is 26.3 Å². The molecule has 6 heteroatoms. The van der Waals surface area contributed by atoms with Gasteiger partial charge in [-0.3, -0.25) is 4.79 Å². The Morgan fingerprint density at radius 3 is 2.61 bits per heavy atom. The van der Waals surface area contributed by atoms with Crippen LogP contribution in [-0.4, -0.2) is 34.6 Å². The highest BCUT2D eigenvalue weighted by Crippen LogP contribution is 2.03. The number of imidazole rings is 1. The quantitative estimate of drug-likeness (QED) is 0.765. The third-order valence-corrected chi connectivity index (χ3v) is 2.50. The van der Waals surface area contributed by atoms with E-state index in [0.717, 1.165) is 5.69 Å². The van der Waals surface area contributed by atoms with Crippen molar-refractivity contribution in [2.24, 2.45) is 13.0 Å². The Labute approximate surface area is 106 Å². The van der Waals surface area contributed by atoms with E-state index < -0.39 is 12.0 Å². The van der Waals surface area contributed by atoms with Crippen LogP contribution >= 0.6 is 0 Å². The molecule has 1 atom stereocenters. The summed E-state index contributed by atoms with van der Waals surface area (Å²) >= 11 is 0. The van der Waals surface area contributed by atoms with Crippen LogP contribution in [0.5, 0.6) is 0 Å². The molecule has 18 heavy (non-hydrogen) atoms. The van der Waals surface area contributed by atoms with E-state index in [1.165, 1.54) is 7.11 Å². The number of hydrogen-bond donors (Lipinski definition) is 1. The molecule has 1 heterocycles. The highest BCUT2D eigenvalue weighted by molar-refractivity contribution is 5.85. The SMILES string of the molecule is COC(=O)[C@@H](Cc1cn(C)cn1)NC(=O)C(C)C. The zero-order valence-corrected chi connectivity index (χ0v) is 11.1. The van der Waals surface area contributed by atoms with Crippen molar-refractivity contribution in [3.63, 3.8) is 0 Å². The minimum absolute atomic E-state index is 0.179. The molecule has 1 aromatic rings. The van der Waals surface area contributed by atoms with Gasteiger partial charge in [-0.15, -0.1) is 0 Å². The Morgan fingerprint density at radius 1 is 1.50 bits per heavy atom. The van der Waals surface area contributed by atoms with Crippen molar-refractivity contribution in [3.05, 3.63) is 18.2 Å². The van der Waals surface area contributed by atoms with E-state index >= 15 is 0 Å². The normalized spacial score (nSPS) is 12.3. The summed E-state index contributed by atoms with van der Waals surface area (Å²) in [5.41, 5.74) is 0.733. The first kappa shape index (κ1) is 14.2. The largest absolute Gasteiger partial charge is 0.467 e. The van der Waals surface area contributed by atoms with E-state index in [1.54, 1.807) is 30.9 Å². The van der Waals surface area contributed by atoms with Crippen LogP contribution in [0, 0.1) is 5.92 Å². The van der Waals surface area contributed by atoms with Gasteiger partial charge in [0.25, 0.3) is 0 Å². The molecule has 0 aliphatic rings. The van der Waals surface area contributed by atoms with Crippen LogP contribution in [0.15, 0.2) is 12.5 Å². The molecule has 0 fully saturated rings. The average Bonchev–Trinajstić information content (AvgIpc) is 2.72. The van der Waals surface area contributed by atoms with Gasteiger partial charge < -0.3 is 14.6 Å². The number of rotatable bonds is 5. The molecular formula is C12H19N3O3. The minimum atomic E-state index is -0.695. The van der Waals surface area contributed by atoms with Crippen molar-refractivity contribution in [1.29, 1.82) is 0 Å². The maximum atomic E-state index is 11.6. The smallest absolute Gasteiger partial charge is 0.328 e. The second-order valence-electron chi connectivity index (χ2n) is 4.47. The van der Waals surface area contributed by atoms with Crippen LogP contribution in [0.4, 0.5) is 0 Å². The van der Waals surface area contributed by atoms with Gasteiger partial charge in [0.05, 0.1) is 19.1 Å². The number of carbonyl (C=O) groups is 2. The molecule has 1 N–H and O–H groups in total. The lowest BCUT2D eigenvalue weighted by Crippen LogP contribution is -2.44. The molecule has 0 aliphatic carbocycles. The van der Waals surface area contributed by atoms with Gasteiger partial charge in [-0.25, -0.2) is 9.78 Å². The summed E-state index contributed by atoms with van der Waals surface area (Å²) in [6.45, 7) is 3.54. The molecule has 100 valence electrons. The van der Waals surface area contributed by atoms with Gasteiger partial charge in [-0.1, -0.05) is 13.8 Å². The van der Waals surface area contributed by atoms with Gasteiger partial charge in [0.1, 0.15) is 6.04 Å². The fraction of sp³-hybridized carbons (Fsp3) is 0.583. The Kier molecular flexibility index (Phi) is 4.88. The van der Waals surface area contributed by atoms with E-state index in [0.29, 0.717) is 6.42 Å². The predicted octanol–water partition coefficient (Wildman–Crippen LogP) is 0.276. The van der Waals surface area contributed by atoms with Crippen LogP contribution in [-0.2, 0) is 27.8 Å². The van der Waals surface area contributed by atoms with Crippen LogP contribution in [0.1, 0.15) is 19.5 Å². The third-order valence-electron chi connectivity index (χ3n) is 2.50. The van der Waals surface area contributed by atoms with E-state index in [1.807, 2.05) is 7.05 Å². The highest BCUT2D eigenvalue weighted by Gasteiger charge is 2.23. The molecule has 0 saturated heterocycles. The first-order chi connectivity index (χ1) is 8.43. The Hall–Kier alpha value is -1.85. The van der Waals surface area contributed by atoms with Crippen molar-refractivity contribution in [2.75, 3.05) is 7.11 Å². The first-order valence-electron chi connectivity index (χ1n) is 5.79. The first-order valence-corrected chi connectivity index (χ1v) is 5.79. The van der Waals surface area contributed by atoms with Crippen molar-refractivity contribution < 1.29 is 14.3 Å². The van der Waals surface area contributed by atoms with E-state index in [9.17, 15) is 9.59 Å². The predicted molar refractivity (Wildman–Crippen MR) is 65.7 cm³/mol. The second kappa shape index (κ2) is 6.18. The number of nitrogens with zero attached hydrogens (tertiary/aromatic N) is 2. The maximum absolute atomic E-state index is 11.6. The number of aryl methyl sites for hydroxylation is 1. The number of aromatic nitrogens is 2. The Balaban J connectivity index is 2.73. The van der Waals surface area contributed by atoms with E-state index in [-0.39, 0.29) is 11.8 Å². The fourth-order valence-electron chi connectivity index (χ4n) is 1.46. The lowest BCUT2D eigenvalue weighted by atomic mass is 10.1. The van der Waals surface area contributed by atoms with Crippen LogP contribution in [0.2, 0.25) is 0 Å². The van der Waals surface area contributed by atoms with Crippen LogP contribution in [0.25, 0.3) is 0 Å². The standard InChI is InChI=1S/C12H19N3O3/c1-8(2)11(16)14-10(12(17)18-4)5-9-6-15(3)7-13-9/h6-8,10H,5H2,1-4H3,(H,14,16)/t10-/m1/s1. The Bertz CT molecular complexity index is 426. The molecular weight excluding hydrogens is 234 g/mol. The Morgan fingerprint density at radius 2 is 2.17 bits per heavy atom. The number of hydrogen-bond acceptors (Lipinski definition) is 4. The van der Waals surface area contributed by atoms with Gasteiger partial charge in [0.15, 0.2) is 0 Å². The number of amides is 1. The molecule has 0 aliphatic heterocycles. The molecule has 0 radical (unpaired) electrons. The van der Waals surface area contributed by atoms with Gasteiger partial charge >= 0.3 is 5.97 Å². The fourth-order valence-corrected chi connectivity index (χ4v) is 1.46. The molecule has 1 rings (SSSR count). The van der Waals surface area contributed by atoms with Gasteiger partial charge in [0.2, 0.25) is 5.91 Å². The summed E-state index contributed by atoms with van der Waals surface area (Å²) in [5.74, 6) is -0.822. The monoisotopic (exact) mass is 253 g/mol. The van der Waals surface area contributed by atoms with Gasteiger partial charge in [-0.2, -0.15) is 0 Å². The lowest BCUT2D eigenvalue weighted by molar-refractivity contribution is -0.145. The molecule has 0 aromatic carbocycles. The highest BCUT2D eigenvalue weighted by atomic mass is 16.5. The summed E-state index contributed by atoms with van der Waals surface area (Å²) in [6.07, 6.45) is 3.78. The molecule has 1 amide bonds. The van der Waals surface area contributed by atoms with Crippen LogP contribution in [0.3, 0.4) is 0 Å². The second-order valence-corrected chi connectivity index (χ2v) is 4.47. The topological polar surface area (TPSA) is 73.2 Å². The summed E-state index contributed by atoms with van der Waals surface area (Å²) < 4.78 is 6.47. The molecule has 0 unspecified atom stereocenters. The number of methoxy groups -OCH3 is 1. The molecule has 0 spiro atoms. The summed E-state index contributed by atoms with van der Waals surface area (Å²) in [6, 6.07) is -0.695. The van der Waals surface area contributed by atoms with Gasteiger partial charge in [-0.05, 0) is 0 Å². The van der Waals surface area contributed by atoms with Crippen LogP contribution < -0.4 is 5.32 Å². The number of esters is 1. The molecule has 6 nitrogen and oxygen atoms in total. The lowest BCUT2D eigenvalue weighted by Gasteiger charge is -2.16. The molecule has 0 bridgehead atoms. The van der Waals surface area contributed by atoms with Crippen molar-refractivity contribution in [3.8, 4) is 0 Å². The number of nitrogens with one attached hydrogen (secondary N) is 1. The minimum Gasteiger partial charge on any atom is -0.467 e. The van der Waals surface area contributed by atoms with Crippen molar-refractivity contribution >= 4 is 11.9 Å². The third kappa shape index (κ3) is 3.87. The average molecular weight is 253 g/mol. The maximum Gasteiger partial charge on any atom is 0.328 e. The van der Waals surface area contributed by atoms with Crippen molar-refractivity contribution in [1.82, 2.24) is 14.9 Å². The van der Waals surface area contributed by atoms with E-state index in [2.05, 4.69) is 15.0 Å². The van der Waals surface area contributed by atoms with Gasteiger partial charge in [0, 0.05) is 25.6 Å². The summed E-state index contributed by atoms with van der Waals surface area (Å²) in [5, 5.41) is 2.66. The number of carbonyl (C=O) groups excluding carboxylic acids is 2. The van der Waals surface area contributed by atoms with E-state index in [4.69, 9.17) is 0 Å². The zero-order chi connectivity index (χ0) is 13.7. The molecule has 0 saturated carbocycles. The molecule has 1 aromatic heterocycles. The number of ether oxygens (including phenoxy) is 1. The summed E-state index contributed by atoms with van der Waals surface area (Å²) in [7, 11) is 3.14. The summed E-state index contributed by atoms with van der Waals surface area (Å²) in [4.78, 5) is 27.4.